The number of rotatable bonds is 8. The number of carbonyl (C=O) groups excluding carboxylic acids is 1. The molecule has 3 rings (SSSR count). The number of carbonyl (C=O) groups is 1. The summed E-state index contributed by atoms with van der Waals surface area (Å²) in [4.78, 5) is 13.2. The number of methoxy groups -OCH3 is 1. The maximum atomic E-state index is 12.2. The van der Waals surface area contributed by atoms with E-state index in [-0.39, 0.29) is 5.91 Å². The van der Waals surface area contributed by atoms with E-state index in [1.54, 1.807) is 30.8 Å². The smallest absolute Gasteiger partial charge is 0.248 e. The third-order valence-electron chi connectivity index (χ3n) is 3.63. The van der Waals surface area contributed by atoms with Gasteiger partial charge in [0, 0.05) is 16.7 Å². The molecule has 6 nitrogen and oxygen atoms in total. The number of aromatic nitrogens is 2. The van der Waals surface area contributed by atoms with Gasteiger partial charge in [-0.15, -0.1) is 10.2 Å². The molecular formula is C20H18ClN3O3S2. The van der Waals surface area contributed by atoms with E-state index in [2.05, 4.69) is 15.5 Å². The Morgan fingerprint density at radius 2 is 2.10 bits per heavy atom. The number of nitrogens with zero attached hydrogens (tertiary/aromatic N) is 2. The maximum Gasteiger partial charge on any atom is 0.248 e. The average Bonchev–Trinajstić information content (AvgIpc) is 3.22. The van der Waals surface area contributed by atoms with Crippen LogP contribution in [0.4, 0.5) is 5.69 Å². The van der Waals surface area contributed by atoms with Crippen molar-refractivity contribution in [2.24, 2.45) is 0 Å². The zero-order chi connectivity index (χ0) is 20.6. The highest BCUT2D eigenvalue weighted by molar-refractivity contribution is 8.01. The average molecular weight is 448 g/mol. The lowest BCUT2D eigenvalue weighted by atomic mass is 10.2. The van der Waals surface area contributed by atoms with Gasteiger partial charge in [-0.3, -0.25) is 4.79 Å². The van der Waals surface area contributed by atoms with Crippen LogP contribution in [0.15, 0.2) is 57.2 Å². The highest BCUT2D eigenvalue weighted by atomic mass is 35.5. The van der Waals surface area contributed by atoms with E-state index in [4.69, 9.17) is 21.1 Å². The molecule has 0 radical (unpaired) electrons. The first kappa shape index (κ1) is 21.2. The summed E-state index contributed by atoms with van der Waals surface area (Å²) >= 11 is 9.26. The molecule has 0 spiro atoms. The van der Waals surface area contributed by atoms with Crippen molar-refractivity contribution in [2.45, 2.75) is 16.2 Å². The topological polar surface area (TPSA) is 73.3 Å². The first-order valence-corrected chi connectivity index (χ1v) is 10.7. The molecule has 2 aromatic carbocycles. The second-order valence-corrected chi connectivity index (χ2v) is 8.18. The number of halogens is 1. The standard InChI is InChI=1S/C20H18ClN3O3S2/c1-3-27-19-16(21)10-13(11-17(19)26-2)4-9-18(25)23-14-5-7-15(8-6-14)29-20-24-22-12-28-20/h4-12H,3H2,1-2H3,(H,23,25)/b9-4+. The molecule has 29 heavy (non-hydrogen) atoms. The molecular weight excluding hydrogens is 430 g/mol. The molecule has 0 aliphatic carbocycles. The summed E-state index contributed by atoms with van der Waals surface area (Å²) in [6.45, 7) is 2.35. The normalized spacial score (nSPS) is 10.9. The van der Waals surface area contributed by atoms with Crippen LogP contribution in [0.2, 0.25) is 5.02 Å². The summed E-state index contributed by atoms with van der Waals surface area (Å²) in [5, 5.41) is 11.1. The minimum absolute atomic E-state index is 0.251. The van der Waals surface area contributed by atoms with Crippen LogP contribution in [-0.4, -0.2) is 29.8 Å². The largest absolute Gasteiger partial charge is 0.493 e. The lowest BCUT2D eigenvalue weighted by molar-refractivity contribution is -0.111. The fourth-order valence-corrected chi connectivity index (χ4v) is 4.12. The number of nitrogens with one attached hydrogen (secondary N) is 1. The van der Waals surface area contributed by atoms with E-state index in [0.29, 0.717) is 28.8 Å². The van der Waals surface area contributed by atoms with Crippen LogP contribution in [0.1, 0.15) is 12.5 Å². The first-order chi connectivity index (χ1) is 14.1. The Hall–Kier alpha value is -2.55. The van der Waals surface area contributed by atoms with Crippen molar-refractivity contribution in [1.82, 2.24) is 10.2 Å². The number of amides is 1. The summed E-state index contributed by atoms with van der Waals surface area (Å²) in [6, 6.07) is 11.0. The van der Waals surface area contributed by atoms with Crippen LogP contribution in [0, 0.1) is 0 Å². The van der Waals surface area contributed by atoms with Crippen LogP contribution >= 0.6 is 34.7 Å². The minimum Gasteiger partial charge on any atom is -0.493 e. The molecule has 0 aliphatic heterocycles. The highest BCUT2D eigenvalue weighted by Gasteiger charge is 2.11. The van der Waals surface area contributed by atoms with E-state index in [9.17, 15) is 4.79 Å². The monoisotopic (exact) mass is 447 g/mol. The van der Waals surface area contributed by atoms with E-state index in [1.807, 2.05) is 31.2 Å². The molecule has 9 heteroatoms. The lowest BCUT2D eigenvalue weighted by Crippen LogP contribution is -2.07. The van der Waals surface area contributed by atoms with Gasteiger partial charge in [-0.1, -0.05) is 34.7 Å². The number of anilines is 1. The second kappa shape index (κ2) is 10.3. The Balaban J connectivity index is 1.63. The molecule has 0 fully saturated rings. The van der Waals surface area contributed by atoms with Crippen molar-refractivity contribution in [2.75, 3.05) is 19.0 Å². The van der Waals surface area contributed by atoms with Gasteiger partial charge in [0.15, 0.2) is 15.8 Å². The molecule has 1 amide bonds. The van der Waals surface area contributed by atoms with Gasteiger partial charge in [0.2, 0.25) is 5.91 Å². The molecule has 0 saturated carbocycles. The molecule has 1 N–H and O–H groups in total. The fourth-order valence-electron chi connectivity index (χ4n) is 2.39. The molecule has 0 saturated heterocycles. The Morgan fingerprint density at radius 3 is 2.76 bits per heavy atom. The molecule has 0 aliphatic rings. The summed E-state index contributed by atoms with van der Waals surface area (Å²) in [6.07, 6.45) is 3.11. The summed E-state index contributed by atoms with van der Waals surface area (Å²) in [5.41, 5.74) is 3.12. The number of ether oxygens (including phenoxy) is 2. The van der Waals surface area contributed by atoms with Crippen molar-refractivity contribution < 1.29 is 14.3 Å². The van der Waals surface area contributed by atoms with Gasteiger partial charge in [0.25, 0.3) is 0 Å². The van der Waals surface area contributed by atoms with Gasteiger partial charge >= 0.3 is 0 Å². The molecule has 0 unspecified atom stereocenters. The quantitative estimate of drug-likeness (QED) is 0.466. The first-order valence-electron chi connectivity index (χ1n) is 8.62. The van der Waals surface area contributed by atoms with Crippen molar-refractivity contribution in [3.63, 3.8) is 0 Å². The highest BCUT2D eigenvalue weighted by Crippen LogP contribution is 2.36. The third kappa shape index (κ3) is 5.96. The SMILES string of the molecule is CCOc1c(Cl)cc(/C=C/C(=O)Nc2ccc(Sc3nncs3)cc2)cc1OC. The number of hydrogen-bond donors (Lipinski definition) is 1. The summed E-state index contributed by atoms with van der Waals surface area (Å²) in [7, 11) is 1.54. The van der Waals surface area contributed by atoms with E-state index >= 15 is 0 Å². The minimum atomic E-state index is -0.251. The van der Waals surface area contributed by atoms with E-state index in [1.165, 1.54) is 29.2 Å². The van der Waals surface area contributed by atoms with Gasteiger partial charge in [-0.25, -0.2) is 0 Å². The summed E-state index contributed by atoms with van der Waals surface area (Å²) < 4.78 is 11.7. The lowest BCUT2D eigenvalue weighted by Gasteiger charge is -2.11. The molecule has 150 valence electrons. The van der Waals surface area contributed by atoms with Crippen molar-refractivity contribution in [3.05, 3.63) is 58.6 Å². The fraction of sp³-hybridized carbons (Fsp3) is 0.150. The van der Waals surface area contributed by atoms with Crippen molar-refractivity contribution in [1.29, 1.82) is 0 Å². The van der Waals surface area contributed by atoms with Crippen LogP contribution in [-0.2, 0) is 4.79 Å². The predicted molar refractivity (Wildman–Crippen MR) is 117 cm³/mol. The van der Waals surface area contributed by atoms with Gasteiger partial charge in [0.05, 0.1) is 18.7 Å². The van der Waals surface area contributed by atoms with Crippen molar-refractivity contribution >= 4 is 52.4 Å². The molecule has 0 bridgehead atoms. The van der Waals surface area contributed by atoms with Crippen LogP contribution in [0.25, 0.3) is 6.08 Å². The van der Waals surface area contributed by atoms with E-state index in [0.717, 1.165) is 14.8 Å². The predicted octanol–water partition coefficient (Wildman–Crippen LogP) is 5.40. The summed E-state index contributed by atoms with van der Waals surface area (Å²) in [5.74, 6) is 0.756. The molecule has 3 aromatic rings. The van der Waals surface area contributed by atoms with Gasteiger partial charge in [0.1, 0.15) is 5.51 Å². The molecule has 1 aromatic heterocycles. The van der Waals surface area contributed by atoms with E-state index < -0.39 is 0 Å². The Morgan fingerprint density at radius 1 is 1.31 bits per heavy atom. The Bertz CT molecular complexity index is 993. The Kier molecular flexibility index (Phi) is 7.51. The third-order valence-corrected chi connectivity index (χ3v) is 5.70. The number of hydrogen-bond acceptors (Lipinski definition) is 7. The van der Waals surface area contributed by atoms with Gasteiger partial charge < -0.3 is 14.8 Å². The zero-order valence-electron chi connectivity index (χ0n) is 15.7. The van der Waals surface area contributed by atoms with Crippen molar-refractivity contribution in [3.8, 4) is 11.5 Å². The van der Waals surface area contributed by atoms with Crippen LogP contribution in [0.3, 0.4) is 0 Å². The second-order valence-electron chi connectivity index (χ2n) is 5.62. The number of benzene rings is 2. The van der Waals surface area contributed by atoms with Gasteiger partial charge in [-0.2, -0.15) is 0 Å². The molecule has 0 atom stereocenters. The Labute approximate surface area is 181 Å². The van der Waals surface area contributed by atoms with Crippen LogP contribution in [0.5, 0.6) is 11.5 Å². The molecule has 1 heterocycles. The van der Waals surface area contributed by atoms with Gasteiger partial charge in [-0.05, 0) is 55.0 Å². The zero-order valence-corrected chi connectivity index (χ0v) is 18.1. The maximum absolute atomic E-state index is 12.2. The van der Waals surface area contributed by atoms with Crippen LogP contribution < -0.4 is 14.8 Å².